The van der Waals surface area contributed by atoms with Gasteiger partial charge in [-0.05, 0) is 30.2 Å². The van der Waals surface area contributed by atoms with E-state index in [1.165, 1.54) is 34.3 Å². The molecule has 2 aromatic rings. The smallest absolute Gasteiger partial charge is 0.0487 e. The Morgan fingerprint density at radius 2 is 2.12 bits per heavy atom. The lowest BCUT2D eigenvalue weighted by molar-refractivity contribution is 0.527. The van der Waals surface area contributed by atoms with E-state index in [1.54, 1.807) is 0 Å². The molecule has 0 aliphatic carbocycles. The van der Waals surface area contributed by atoms with Crippen molar-refractivity contribution < 1.29 is 0 Å². The Kier molecular flexibility index (Phi) is 1.83. The summed E-state index contributed by atoms with van der Waals surface area (Å²) < 4.78 is 2.48. The lowest BCUT2D eigenvalue weighted by atomic mass is 10.1. The van der Waals surface area contributed by atoms with Gasteiger partial charge in [0, 0.05) is 55.5 Å². The predicted molar refractivity (Wildman–Crippen MR) is 70.6 cm³/mol. The van der Waals surface area contributed by atoms with Gasteiger partial charge in [-0.2, -0.15) is 0 Å². The van der Waals surface area contributed by atoms with Gasteiger partial charge in [0.15, 0.2) is 0 Å². The van der Waals surface area contributed by atoms with E-state index in [-0.39, 0.29) is 0 Å². The van der Waals surface area contributed by atoms with E-state index in [2.05, 4.69) is 40.0 Å². The minimum absolute atomic E-state index is 1.01. The molecule has 0 radical (unpaired) electrons. The van der Waals surface area contributed by atoms with Crippen LogP contribution < -0.4 is 10.2 Å². The zero-order valence-corrected chi connectivity index (χ0v) is 10.2. The summed E-state index contributed by atoms with van der Waals surface area (Å²) in [6.07, 6.45) is 1.19. The third-order valence-corrected chi connectivity index (χ3v) is 4.13. The van der Waals surface area contributed by atoms with Crippen molar-refractivity contribution in [1.82, 2.24) is 9.88 Å². The number of rotatable bonds is 0. The number of nitrogens with zero attached hydrogens (tertiary/aromatic N) is 2. The van der Waals surface area contributed by atoms with Gasteiger partial charge < -0.3 is 14.8 Å². The second-order valence-electron chi connectivity index (χ2n) is 5.18. The molecular weight excluding hydrogens is 210 g/mol. The van der Waals surface area contributed by atoms with Crippen LogP contribution >= 0.6 is 0 Å². The molecule has 0 atom stereocenters. The first-order valence-corrected chi connectivity index (χ1v) is 6.40. The Balaban J connectivity index is 1.99. The molecule has 17 heavy (non-hydrogen) atoms. The van der Waals surface area contributed by atoms with Crippen LogP contribution in [0.1, 0.15) is 11.3 Å². The van der Waals surface area contributed by atoms with Gasteiger partial charge in [0.25, 0.3) is 0 Å². The summed E-state index contributed by atoms with van der Waals surface area (Å²) in [6, 6.07) is 7.11. The van der Waals surface area contributed by atoms with E-state index in [4.69, 9.17) is 0 Å². The summed E-state index contributed by atoms with van der Waals surface area (Å²) in [5.74, 6) is 0. The summed E-state index contributed by atoms with van der Waals surface area (Å²) in [5.41, 5.74) is 5.79. The van der Waals surface area contributed by atoms with Crippen molar-refractivity contribution >= 4 is 16.6 Å². The summed E-state index contributed by atoms with van der Waals surface area (Å²) in [5, 5.41) is 4.84. The molecule has 0 saturated heterocycles. The molecule has 4 rings (SSSR count). The van der Waals surface area contributed by atoms with Crippen LogP contribution in [0.4, 0.5) is 5.69 Å². The Bertz CT molecular complexity index is 597. The number of likely N-dealkylation sites (N-methyl/N-ethyl adjacent to an activating group) is 1. The third-order valence-electron chi connectivity index (χ3n) is 4.13. The summed E-state index contributed by atoms with van der Waals surface area (Å²) in [4.78, 5) is 2.36. The van der Waals surface area contributed by atoms with Crippen LogP contribution in [0.5, 0.6) is 0 Å². The van der Waals surface area contributed by atoms with E-state index in [0.717, 1.165) is 26.2 Å². The summed E-state index contributed by atoms with van der Waals surface area (Å²) in [7, 11) is 2.19. The van der Waals surface area contributed by atoms with Gasteiger partial charge in [-0.1, -0.05) is 0 Å². The van der Waals surface area contributed by atoms with E-state index in [0.29, 0.717) is 0 Å². The minimum Gasteiger partial charge on any atom is -0.374 e. The van der Waals surface area contributed by atoms with Crippen molar-refractivity contribution in [2.24, 2.45) is 0 Å². The Hall–Kier alpha value is -1.48. The van der Waals surface area contributed by atoms with Crippen LogP contribution in [0.2, 0.25) is 0 Å². The van der Waals surface area contributed by atoms with Gasteiger partial charge in [0.2, 0.25) is 0 Å². The molecule has 1 N–H and O–H groups in total. The number of fused-ring (bicyclic) bond motifs is 4. The number of nitrogens with one attached hydrogen (secondary N) is 1. The molecule has 2 aliphatic heterocycles. The molecule has 3 heteroatoms. The van der Waals surface area contributed by atoms with Crippen molar-refractivity contribution in [3.8, 4) is 0 Å². The maximum atomic E-state index is 3.44. The molecule has 0 unspecified atom stereocenters. The predicted octanol–water partition coefficient (Wildman–Crippen LogP) is 1.74. The third kappa shape index (κ3) is 1.26. The highest BCUT2D eigenvalue weighted by atomic mass is 15.1. The molecule has 88 valence electrons. The highest BCUT2D eigenvalue weighted by Gasteiger charge is 2.19. The standard InChI is InChI=1S/C14H17N3/c1-16-4-2-10-7-14-11(8-13(10)16)6-12-9-15-3-5-17(12)14/h6-8,15H,2-5,9H2,1H3. The monoisotopic (exact) mass is 227 g/mol. The molecule has 0 saturated carbocycles. The molecule has 3 heterocycles. The van der Waals surface area contributed by atoms with E-state index < -0.39 is 0 Å². The molecule has 0 amide bonds. The van der Waals surface area contributed by atoms with Crippen molar-refractivity contribution in [3.05, 3.63) is 29.5 Å². The van der Waals surface area contributed by atoms with Gasteiger partial charge in [0.05, 0.1) is 0 Å². The second-order valence-corrected chi connectivity index (χ2v) is 5.18. The van der Waals surface area contributed by atoms with Crippen LogP contribution in [0.25, 0.3) is 10.9 Å². The summed E-state index contributed by atoms with van der Waals surface area (Å²) >= 11 is 0. The molecule has 0 bridgehead atoms. The molecule has 1 aromatic heterocycles. The maximum Gasteiger partial charge on any atom is 0.0487 e. The van der Waals surface area contributed by atoms with E-state index in [1.807, 2.05) is 0 Å². The van der Waals surface area contributed by atoms with Crippen molar-refractivity contribution in [2.45, 2.75) is 19.5 Å². The van der Waals surface area contributed by atoms with Crippen LogP contribution in [0.3, 0.4) is 0 Å². The Labute approximate surface area is 101 Å². The number of benzene rings is 1. The molecule has 3 nitrogen and oxygen atoms in total. The Morgan fingerprint density at radius 1 is 1.18 bits per heavy atom. The van der Waals surface area contributed by atoms with Gasteiger partial charge >= 0.3 is 0 Å². The first kappa shape index (κ1) is 9.54. The van der Waals surface area contributed by atoms with Crippen LogP contribution in [0.15, 0.2) is 18.2 Å². The number of aromatic nitrogens is 1. The van der Waals surface area contributed by atoms with Crippen LogP contribution in [-0.4, -0.2) is 24.7 Å². The van der Waals surface area contributed by atoms with E-state index in [9.17, 15) is 0 Å². The van der Waals surface area contributed by atoms with Gasteiger partial charge in [-0.25, -0.2) is 0 Å². The fraction of sp³-hybridized carbons (Fsp3) is 0.429. The molecule has 0 fully saturated rings. The second kappa shape index (κ2) is 3.26. The van der Waals surface area contributed by atoms with Crippen molar-refractivity contribution in [1.29, 1.82) is 0 Å². The quantitative estimate of drug-likeness (QED) is 0.739. The minimum atomic E-state index is 1.01. The lowest BCUT2D eigenvalue weighted by Crippen LogP contribution is -2.27. The first-order chi connectivity index (χ1) is 8.33. The summed E-state index contributed by atoms with van der Waals surface area (Å²) in [6.45, 7) is 4.37. The average molecular weight is 227 g/mol. The highest BCUT2D eigenvalue weighted by Crippen LogP contribution is 2.33. The van der Waals surface area contributed by atoms with E-state index >= 15 is 0 Å². The number of hydrogen-bond acceptors (Lipinski definition) is 2. The topological polar surface area (TPSA) is 20.2 Å². The molecule has 0 spiro atoms. The normalized spacial score (nSPS) is 18.5. The fourth-order valence-corrected chi connectivity index (χ4v) is 3.18. The van der Waals surface area contributed by atoms with Crippen molar-refractivity contribution in [2.75, 3.05) is 25.0 Å². The molecular formula is C14H17N3. The largest absolute Gasteiger partial charge is 0.374 e. The fourth-order valence-electron chi connectivity index (χ4n) is 3.18. The average Bonchev–Trinajstić information content (AvgIpc) is 2.88. The molecule has 1 aromatic carbocycles. The molecule has 2 aliphatic rings. The SMILES string of the molecule is CN1CCc2cc3c(cc21)cc1n3CCNC1. The van der Waals surface area contributed by atoms with Crippen LogP contribution in [0, 0.1) is 0 Å². The van der Waals surface area contributed by atoms with Crippen molar-refractivity contribution in [3.63, 3.8) is 0 Å². The maximum absolute atomic E-state index is 3.44. The zero-order valence-electron chi connectivity index (χ0n) is 10.2. The zero-order chi connectivity index (χ0) is 11.4. The van der Waals surface area contributed by atoms with Crippen LogP contribution in [-0.2, 0) is 19.5 Å². The number of hydrogen-bond donors (Lipinski definition) is 1. The Morgan fingerprint density at radius 3 is 3.06 bits per heavy atom. The van der Waals surface area contributed by atoms with Gasteiger partial charge in [0.1, 0.15) is 0 Å². The van der Waals surface area contributed by atoms with Gasteiger partial charge in [-0.3, -0.25) is 0 Å². The highest BCUT2D eigenvalue weighted by molar-refractivity contribution is 5.87. The first-order valence-electron chi connectivity index (χ1n) is 6.40. The number of anilines is 1. The van der Waals surface area contributed by atoms with Gasteiger partial charge in [-0.15, -0.1) is 0 Å². The lowest BCUT2D eigenvalue weighted by Gasteiger charge is -2.17.